The van der Waals surface area contributed by atoms with Crippen molar-refractivity contribution in [3.8, 4) is 6.07 Å². The molecule has 0 aromatic heterocycles. The predicted octanol–water partition coefficient (Wildman–Crippen LogP) is 3.16. The maximum absolute atomic E-state index is 12.4. The minimum absolute atomic E-state index is 0.0542. The van der Waals surface area contributed by atoms with Crippen LogP contribution in [-0.2, 0) is 4.79 Å². The van der Waals surface area contributed by atoms with Crippen molar-refractivity contribution < 1.29 is 10.1 Å². The molecule has 0 unspecified atom stereocenters. The lowest BCUT2D eigenvalue weighted by Crippen LogP contribution is -2.87. The second-order valence-corrected chi connectivity index (χ2v) is 6.48. The summed E-state index contributed by atoms with van der Waals surface area (Å²) in [4.78, 5) is 12.4. The molecule has 0 bridgehead atoms. The summed E-state index contributed by atoms with van der Waals surface area (Å²) >= 11 is 0. The van der Waals surface area contributed by atoms with Crippen molar-refractivity contribution >= 4 is 11.6 Å². The summed E-state index contributed by atoms with van der Waals surface area (Å²) in [6.07, 6.45) is 0. The van der Waals surface area contributed by atoms with E-state index in [0.29, 0.717) is 17.8 Å². The van der Waals surface area contributed by atoms with E-state index in [9.17, 15) is 4.79 Å². The number of anilines is 1. The first-order valence-electron chi connectivity index (χ1n) is 8.90. The molecule has 1 atom stereocenters. The van der Waals surface area contributed by atoms with Gasteiger partial charge in [-0.2, -0.15) is 5.26 Å². The average molecular weight is 356 g/mol. The topological polar surface area (TPSA) is 69.5 Å². The lowest BCUT2D eigenvalue weighted by Gasteiger charge is -2.17. The zero-order chi connectivity index (χ0) is 19.1. The molecule has 3 aromatic rings. The Hall–Kier alpha value is -3.42. The number of nitriles is 1. The smallest absolute Gasteiger partial charge is 0.279 e. The van der Waals surface area contributed by atoms with E-state index in [1.165, 1.54) is 5.56 Å². The van der Waals surface area contributed by atoms with Crippen molar-refractivity contribution in [1.82, 2.24) is 0 Å². The minimum Gasteiger partial charge on any atom is -0.328 e. The van der Waals surface area contributed by atoms with Crippen LogP contribution in [0.15, 0.2) is 78.9 Å². The highest BCUT2D eigenvalue weighted by Gasteiger charge is 2.18. The molecule has 3 rings (SSSR count). The maximum Gasteiger partial charge on any atom is 0.279 e. The maximum atomic E-state index is 12.4. The van der Waals surface area contributed by atoms with Gasteiger partial charge in [0.1, 0.15) is 6.04 Å². The Labute approximate surface area is 159 Å². The predicted molar refractivity (Wildman–Crippen MR) is 106 cm³/mol. The fraction of sp³-hybridized carbons (Fsp3) is 0.130. The number of nitrogens with two attached hydrogens (primary N) is 1. The van der Waals surface area contributed by atoms with Crippen molar-refractivity contribution in [2.24, 2.45) is 0 Å². The highest BCUT2D eigenvalue weighted by atomic mass is 16.1. The zero-order valence-corrected chi connectivity index (χ0v) is 15.2. The number of nitrogens with one attached hydrogen (secondary N) is 1. The highest BCUT2D eigenvalue weighted by molar-refractivity contribution is 5.91. The van der Waals surface area contributed by atoms with Gasteiger partial charge in [0.25, 0.3) is 5.91 Å². The van der Waals surface area contributed by atoms with Crippen LogP contribution in [0.5, 0.6) is 0 Å². The van der Waals surface area contributed by atoms with E-state index >= 15 is 0 Å². The quantitative estimate of drug-likeness (QED) is 0.712. The molecule has 134 valence electrons. The largest absolute Gasteiger partial charge is 0.328 e. The number of carbonyl (C=O) groups excluding carboxylic acids is 1. The number of benzene rings is 3. The van der Waals surface area contributed by atoms with E-state index in [4.69, 9.17) is 5.26 Å². The van der Waals surface area contributed by atoms with E-state index in [-0.39, 0.29) is 11.9 Å². The van der Waals surface area contributed by atoms with E-state index in [1.54, 1.807) is 24.3 Å². The Kier molecular flexibility index (Phi) is 5.98. The van der Waals surface area contributed by atoms with E-state index in [0.717, 1.165) is 11.1 Å². The third kappa shape index (κ3) is 5.04. The SMILES string of the molecule is Cc1ccc([C@H]([NH2+]CC(=O)Nc2ccc(C#N)cc2)c2ccccc2)cc1. The highest BCUT2D eigenvalue weighted by Crippen LogP contribution is 2.18. The monoisotopic (exact) mass is 356 g/mol. The lowest BCUT2D eigenvalue weighted by atomic mass is 9.98. The molecule has 27 heavy (non-hydrogen) atoms. The Morgan fingerprint density at radius 2 is 1.59 bits per heavy atom. The van der Waals surface area contributed by atoms with Crippen LogP contribution in [0, 0.1) is 18.3 Å². The summed E-state index contributed by atoms with van der Waals surface area (Å²) in [5.41, 5.74) is 4.80. The molecule has 1 amide bonds. The number of amides is 1. The first-order chi connectivity index (χ1) is 13.2. The first-order valence-corrected chi connectivity index (χ1v) is 8.90. The molecule has 4 nitrogen and oxygen atoms in total. The third-order valence-electron chi connectivity index (χ3n) is 4.43. The summed E-state index contributed by atoms with van der Waals surface area (Å²) in [6, 6.07) is 27.6. The molecule has 0 heterocycles. The average Bonchev–Trinajstić information content (AvgIpc) is 2.71. The van der Waals surface area contributed by atoms with Gasteiger partial charge >= 0.3 is 0 Å². The molecule has 3 N–H and O–H groups in total. The molecular weight excluding hydrogens is 334 g/mol. The molecule has 0 aliphatic rings. The van der Waals surface area contributed by atoms with Crippen molar-refractivity contribution in [3.05, 3.63) is 101 Å². The van der Waals surface area contributed by atoms with Gasteiger partial charge in [-0.1, -0.05) is 60.2 Å². The molecule has 0 aliphatic heterocycles. The molecule has 0 saturated heterocycles. The van der Waals surface area contributed by atoms with Gasteiger partial charge < -0.3 is 10.6 Å². The Balaban J connectivity index is 1.69. The fourth-order valence-electron chi connectivity index (χ4n) is 2.96. The number of carbonyl (C=O) groups is 1. The summed E-state index contributed by atoms with van der Waals surface area (Å²) in [5.74, 6) is -0.0762. The number of hydrogen-bond acceptors (Lipinski definition) is 2. The normalized spacial score (nSPS) is 11.4. The number of nitrogens with zero attached hydrogens (tertiary/aromatic N) is 1. The van der Waals surface area contributed by atoms with Crippen LogP contribution in [0.25, 0.3) is 0 Å². The second kappa shape index (κ2) is 8.79. The third-order valence-corrected chi connectivity index (χ3v) is 4.43. The molecule has 4 heteroatoms. The van der Waals surface area contributed by atoms with Gasteiger partial charge in [0, 0.05) is 16.8 Å². The van der Waals surface area contributed by atoms with Crippen LogP contribution in [0.3, 0.4) is 0 Å². The first kappa shape index (κ1) is 18.4. The van der Waals surface area contributed by atoms with Crippen molar-refractivity contribution in [1.29, 1.82) is 5.26 Å². The van der Waals surface area contributed by atoms with Crippen LogP contribution in [0.1, 0.15) is 28.3 Å². The van der Waals surface area contributed by atoms with E-state index in [2.05, 4.69) is 54.7 Å². The van der Waals surface area contributed by atoms with Gasteiger partial charge in [-0.05, 0) is 31.2 Å². The summed E-state index contributed by atoms with van der Waals surface area (Å²) in [5, 5.41) is 13.8. The van der Waals surface area contributed by atoms with Crippen molar-refractivity contribution in [2.75, 3.05) is 11.9 Å². The molecular formula is C23H22N3O+. The number of rotatable bonds is 6. The van der Waals surface area contributed by atoms with E-state index in [1.807, 2.05) is 23.5 Å². The molecule has 0 radical (unpaired) electrons. The Morgan fingerprint density at radius 3 is 2.22 bits per heavy atom. The van der Waals surface area contributed by atoms with Gasteiger partial charge in [-0.15, -0.1) is 0 Å². The van der Waals surface area contributed by atoms with Crippen LogP contribution in [-0.4, -0.2) is 12.5 Å². The van der Waals surface area contributed by atoms with Gasteiger partial charge in [0.05, 0.1) is 11.6 Å². The van der Waals surface area contributed by atoms with E-state index < -0.39 is 0 Å². The molecule has 3 aromatic carbocycles. The van der Waals surface area contributed by atoms with Crippen molar-refractivity contribution in [2.45, 2.75) is 13.0 Å². The lowest BCUT2D eigenvalue weighted by molar-refractivity contribution is -0.676. The van der Waals surface area contributed by atoms with Gasteiger partial charge in [0.2, 0.25) is 0 Å². The molecule has 0 fully saturated rings. The van der Waals surface area contributed by atoms with Crippen molar-refractivity contribution in [3.63, 3.8) is 0 Å². The number of quaternary nitrogens is 1. The minimum atomic E-state index is -0.0762. The van der Waals surface area contributed by atoms with Gasteiger partial charge in [-0.3, -0.25) is 4.79 Å². The molecule has 0 spiro atoms. The van der Waals surface area contributed by atoms with Gasteiger partial charge in [-0.25, -0.2) is 0 Å². The summed E-state index contributed by atoms with van der Waals surface area (Å²) in [7, 11) is 0. The molecule has 0 aliphatic carbocycles. The van der Waals surface area contributed by atoms with Crippen LogP contribution >= 0.6 is 0 Å². The number of hydrogen-bond donors (Lipinski definition) is 2. The summed E-state index contributed by atoms with van der Waals surface area (Å²) < 4.78 is 0. The van der Waals surface area contributed by atoms with Crippen LogP contribution in [0.2, 0.25) is 0 Å². The Morgan fingerprint density at radius 1 is 0.963 bits per heavy atom. The zero-order valence-electron chi connectivity index (χ0n) is 15.2. The number of aryl methyl sites for hydroxylation is 1. The molecule has 0 saturated carbocycles. The summed E-state index contributed by atoms with van der Waals surface area (Å²) in [6.45, 7) is 2.36. The second-order valence-electron chi connectivity index (χ2n) is 6.48. The van der Waals surface area contributed by atoms with Crippen LogP contribution < -0.4 is 10.6 Å². The van der Waals surface area contributed by atoms with Crippen LogP contribution in [0.4, 0.5) is 5.69 Å². The fourth-order valence-corrected chi connectivity index (χ4v) is 2.96. The Bertz CT molecular complexity index is 926. The van der Waals surface area contributed by atoms with Gasteiger partial charge in [0.15, 0.2) is 6.54 Å². The standard InChI is InChI=1S/C23H21N3O/c1-17-7-11-20(12-8-17)23(19-5-3-2-4-6-19)25-16-22(27)26-21-13-9-18(15-24)10-14-21/h2-14,23,25H,16H2,1H3,(H,26,27)/p+1/t23-/m1/s1.